The maximum absolute atomic E-state index is 12.0. The molecule has 0 saturated carbocycles. The highest BCUT2D eigenvalue weighted by Gasteiger charge is 2.41. The van der Waals surface area contributed by atoms with Crippen LogP contribution in [0.15, 0.2) is 30.3 Å². The van der Waals surface area contributed by atoms with Crippen LogP contribution >= 0.6 is 11.3 Å². The minimum absolute atomic E-state index is 0.0510. The molecule has 0 saturated heterocycles. The van der Waals surface area contributed by atoms with E-state index in [1.165, 1.54) is 16.9 Å². The fourth-order valence-electron chi connectivity index (χ4n) is 3.58. The first-order valence-electron chi connectivity index (χ1n) is 8.46. The van der Waals surface area contributed by atoms with Crippen LogP contribution in [-0.4, -0.2) is 27.5 Å². The molecule has 0 bridgehead atoms. The first-order valence-corrected chi connectivity index (χ1v) is 9.28. The summed E-state index contributed by atoms with van der Waals surface area (Å²) in [5, 5.41) is 29.3. The van der Waals surface area contributed by atoms with E-state index in [1.54, 1.807) is 0 Å². The summed E-state index contributed by atoms with van der Waals surface area (Å²) in [7, 11) is 0. The molecule has 3 N–H and O–H groups in total. The summed E-state index contributed by atoms with van der Waals surface area (Å²) in [6, 6.07) is 10.1. The van der Waals surface area contributed by atoms with Gasteiger partial charge in [0.05, 0.1) is 12.0 Å². The van der Waals surface area contributed by atoms with Gasteiger partial charge in [-0.1, -0.05) is 37.3 Å². The van der Waals surface area contributed by atoms with Gasteiger partial charge in [0.15, 0.2) is 0 Å². The predicted octanol–water partition coefficient (Wildman–Crippen LogP) is 2.99. The van der Waals surface area contributed by atoms with E-state index in [-0.39, 0.29) is 6.42 Å². The lowest BCUT2D eigenvalue weighted by atomic mass is 9.81. The zero-order valence-corrected chi connectivity index (χ0v) is 14.8. The quantitative estimate of drug-likeness (QED) is 0.562. The van der Waals surface area contributed by atoms with Crippen LogP contribution in [-0.2, 0) is 28.9 Å². The highest BCUT2D eigenvalue weighted by molar-refractivity contribution is 7.12. The van der Waals surface area contributed by atoms with Crippen molar-refractivity contribution in [2.24, 2.45) is 0 Å². The molecule has 5 nitrogen and oxygen atoms in total. The summed E-state index contributed by atoms with van der Waals surface area (Å²) in [4.78, 5) is 17.7. The van der Waals surface area contributed by atoms with Gasteiger partial charge in [-0.05, 0) is 42.4 Å². The molecular weight excluding hydrogens is 340 g/mol. The minimum Gasteiger partial charge on any atom is -0.390 e. The molecule has 0 spiro atoms. The van der Waals surface area contributed by atoms with Crippen molar-refractivity contribution in [3.63, 3.8) is 0 Å². The first-order chi connectivity index (χ1) is 12.1. The van der Waals surface area contributed by atoms with Gasteiger partial charge >= 0.3 is 5.97 Å². The number of aryl methyl sites for hydroxylation is 2. The Kier molecular flexibility index (Phi) is 5.54. The molecule has 25 heavy (non-hydrogen) atoms. The topological polar surface area (TPSA) is 87.0 Å². The highest BCUT2D eigenvalue weighted by Crippen LogP contribution is 2.46. The Morgan fingerprint density at radius 2 is 1.96 bits per heavy atom. The van der Waals surface area contributed by atoms with E-state index >= 15 is 0 Å². The monoisotopic (exact) mass is 362 g/mol. The molecule has 0 amide bonds. The van der Waals surface area contributed by atoms with Crippen LogP contribution < -0.4 is 0 Å². The molecule has 134 valence electrons. The molecule has 3 atom stereocenters. The van der Waals surface area contributed by atoms with Crippen molar-refractivity contribution in [2.75, 3.05) is 0 Å². The number of carbonyl (C=O) groups is 1. The zero-order chi connectivity index (χ0) is 18.0. The third-order valence-corrected chi connectivity index (χ3v) is 6.21. The lowest BCUT2D eigenvalue weighted by molar-refractivity contribution is -0.237. The van der Waals surface area contributed by atoms with Crippen molar-refractivity contribution >= 4 is 17.3 Å². The minimum atomic E-state index is -1.04. The number of rotatable bonds is 5. The molecule has 1 heterocycles. The molecule has 1 aromatic carbocycles. The number of aliphatic hydroxyl groups excluding tert-OH is 2. The van der Waals surface area contributed by atoms with Crippen LogP contribution in [0, 0.1) is 0 Å². The summed E-state index contributed by atoms with van der Waals surface area (Å²) in [6.07, 6.45) is 0.388. The highest BCUT2D eigenvalue weighted by atomic mass is 32.1. The van der Waals surface area contributed by atoms with Gasteiger partial charge in [0, 0.05) is 9.75 Å². The molecular formula is C19H22O5S. The van der Waals surface area contributed by atoms with Crippen LogP contribution in [0.25, 0.3) is 0 Å². The van der Waals surface area contributed by atoms with Crippen molar-refractivity contribution in [1.82, 2.24) is 0 Å². The fourth-order valence-corrected chi connectivity index (χ4v) is 5.08. The normalized spacial score (nSPS) is 22.5. The van der Waals surface area contributed by atoms with E-state index in [2.05, 4.69) is 17.0 Å². The van der Waals surface area contributed by atoms with E-state index in [4.69, 9.17) is 5.26 Å². The van der Waals surface area contributed by atoms with E-state index in [9.17, 15) is 15.0 Å². The number of fused-ring (bicyclic) bond motifs is 1. The molecule has 2 aromatic rings. The smallest absolute Gasteiger partial charge is 0.349 e. The van der Waals surface area contributed by atoms with Gasteiger partial charge in [0.1, 0.15) is 6.10 Å². The Bertz CT molecular complexity index is 740. The van der Waals surface area contributed by atoms with Gasteiger partial charge < -0.3 is 15.1 Å². The summed E-state index contributed by atoms with van der Waals surface area (Å²) in [6.45, 7) is 2.01. The molecule has 0 radical (unpaired) electrons. The predicted molar refractivity (Wildman–Crippen MR) is 94.6 cm³/mol. The van der Waals surface area contributed by atoms with E-state index in [0.717, 1.165) is 28.8 Å². The third-order valence-electron chi connectivity index (χ3n) is 4.83. The lowest BCUT2D eigenvalue weighted by Gasteiger charge is -2.29. The van der Waals surface area contributed by atoms with Crippen molar-refractivity contribution in [1.29, 1.82) is 0 Å². The third kappa shape index (κ3) is 3.48. The Balaban J connectivity index is 1.96. The van der Waals surface area contributed by atoms with E-state index in [1.807, 2.05) is 25.1 Å². The molecule has 0 unspecified atom stereocenters. The van der Waals surface area contributed by atoms with Gasteiger partial charge in [-0.25, -0.2) is 4.79 Å². The molecule has 3 rings (SSSR count). The van der Waals surface area contributed by atoms with Crippen LogP contribution in [0.5, 0.6) is 0 Å². The maximum atomic E-state index is 12.0. The zero-order valence-electron chi connectivity index (χ0n) is 14.0. The molecule has 1 aliphatic carbocycles. The number of thiophene rings is 1. The van der Waals surface area contributed by atoms with Gasteiger partial charge in [-0.3, -0.25) is 0 Å². The van der Waals surface area contributed by atoms with E-state index < -0.39 is 24.1 Å². The summed E-state index contributed by atoms with van der Waals surface area (Å²) >= 11 is 1.45. The average molecular weight is 362 g/mol. The van der Waals surface area contributed by atoms with Gasteiger partial charge in [-0.2, -0.15) is 5.26 Å². The van der Waals surface area contributed by atoms with Crippen LogP contribution in [0.3, 0.4) is 0 Å². The molecule has 1 aromatic heterocycles. The molecule has 0 fully saturated rings. The van der Waals surface area contributed by atoms with Crippen LogP contribution in [0.2, 0.25) is 0 Å². The van der Waals surface area contributed by atoms with Crippen molar-refractivity contribution in [3.05, 3.63) is 56.8 Å². The SMILES string of the molecule is CCc1c(CCc2ccccc2)sc2c1[C@H](C(=O)OO)C[C@@H](O)[C@@H]2O. The van der Waals surface area contributed by atoms with E-state index in [0.29, 0.717) is 11.3 Å². The Morgan fingerprint density at radius 1 is 1.24 bits per heavy atom. The van der Waals surface area contributed by atoms with Crippen molar-refractivity contribution < 1.29 is 25.2 Å². The summed E-state index contributed by atoms with van der Waals surface area (Å²) < 4.78 is 0. The largest absolute Gasteiger partial charge is 0.390 e. The first kappa shape index (κ1) is 18.1. The van der Waals surface area contributed by atoms with Gasteiger partial charge in [0.25, 0.3) is 0 Å². The molecule has 0 aliphatic heterocycles. The van der Waals surface area contributed by atoms with Gasteiger partial charge in [-0.15, -0.1) is 11.3 Å². The standard InChI is InChI=1S/C19H22O5S/c1-2-12-15(9-8-11-6-4-3-5-7-11)25-18-16(12)13(19(22)24-23)10-14(20)17(18)21/h3-7,13-14,17,20-21,23H,2,8-10H2,1H3/t13-,14-,17+/m1/s1. The van der Waals surface area contributed by atoms with Crippen molar-refractivity contribution in [3.8, 4) is 0 Å². The number of carbonyl (C=O) groups excluding carboxylic acids is 1. The van der Waals surface area contributed by atoms with Gasteiger partial charge in [0.2, 0.25) is 0 Å². The number of hydrogen-bond acceptors (Lipinski definition) is 6. The number of benzene rings is 1. The number of aliphatic hydroxyl groups is 2. The Hall–Kier alpha value is -1.73. The van der Waals surface area contributed by atoms with Crippen LogP contribution in [0.4, 0.5) is 0 Å². The second-order valence-electron chi connectivity index (χ2n) is 6.33. The second-order valence-corrected chi connectivity index (χ2v) is 7.47. The fraction of sp³-hybridized carbons (Fsp3) is 0.421. The second kappa shape index (κ2) is 7.66. The average Bonchev–Trinajstić information content (AvgIpc) is 3.02. The summed E-state index contributed by atoms with van der Waals surface area (Å²) in [5.41, 5.74) is 2.98. The Morgan fingerprint density at radius 3 is 2.60 bits per heavy atom. The number of hydrogen-bond donors (Lipinski definition) is 3. The summed E-state index contributed by atoms with van der Waals surface area (Å²) in [5.74, 6) is -1.52. The van der Waals surface area contributed by atoms with Crippen LogP contribution in [0.1, 0.15) is 51.8 Å². The molecule has 6 heteroatoms. The lowest BCUT2D eigenvalue weighted by Crippen LogP contribution is -2.31. The maximum Gasteiger partial charge on any atom is 0.349 e. The van der Waals surface area contributed by atoms with Crippen molar-refractivity contribution in [2.45, 2.75) is 50.7 Å². The molecule has 1 aliphatic rings. The Labute approximate surface area is 150 Å².